The van der Waals surface area contributed by atoms with Crippen molar-refractivity contribution in [2.24, 2.45) is 5.92 Å². The van der Waals surface area contributed by atoms with Crippen molar-refractivity contribution in [3.63, 3.8) is 0 Å². The Labute approximate surface area is 90.8 Å². The van der Waals surface area contributed by atoms with Crippen molar-refractivity contribution >= 4 is 23.5 Å². The molecule has 0 aromatic heterocycles. The fourth-order valence-corrected chi connectivity index (χ4v) is 3.73. The van der Waals surface area contributed by atoms with E-state index < -0.39 is 0 Å². The summed E-state index contributed by atoms with van der Waals surface area (Å²) in [6.07, 6.45) is 4.86. The van der Waals surface area contributed by atoms with Crippen molar-refractivity contribution in [2.45, 2.75) is 25.8 Å². The van der Waals surface area contributed by atoms with Crippen molar-refractivity contribution in [3.8, 4) is 0 Å². The highest BCUT2D eigenvalue weighted by atomic mass is 32.2. The van der Waals surface area contributed by atoms with Gasteiger partial charge in [-0.15, -0.1) is 0 Å². The highest BCUT2D eigenvalue weighted by molar-refractivity contribution is 7.99. The van der Waals surface area contributed by atoms with Crippen LogP contribution in [0.4, 0.5) is 0 Å². The highest BCUT2D eigenvalue weighted by Crippen LogP contribution is 2.27. The number of rotatable bonds is 6. The number of hydrogen-bond acceptors (Lipinski definition) is 3. The van der Waals surface area contributed by atoms with Crippen LogP contribution in [0.5, 0.6) is 0 Å². The van der Waals surface area contributed by atoms with Gasteiger partial charge in [0.25, 0.3) is 0 Å². The minimum absolute atomic E-state index is 0.803. The molecule has 1 aliphatic rings. The maximum atomic E-state index is 3.66. The molecular formula is C10H21NS2. The fourth-order valence-electron chi connectivity index (χ4n) is 1.71. The first-order valence-electron chi connectivity index (χ1n) is 5.18. The van der Waals surface area contributed by atoms with E-state index in [1.165, 1.54) is 36.6 Å². The lowest BCUT2D eigenvalue weighted by Gasteiger charge is -2.19. The van der Waals surface area contributed by atoms with Gasteiger partial charge in [0.1, 0.15) is 0 Å². The summed E-state index contributed by atoms with van der Waals surface area (Å²) < 4.78 is 0. The Hall–Kier alpha value is 0.660. The molecular weight excluding hydrogens is 198 g/mol. The average Bonchev–Trinajstić information content (AvgIpc) is 2.59. The minimum Gasteiger partial charge on any atom is -0.313 e. The minimum atomic E-state index is 0.803. The van der Waals surface area contributed by atoms with Crippen LogP contribution in [-0.4, -0.2) is 36.1 Å². The molecule has 0 bridgehead atoms. The zero-order chi connectivity index (χ0) is 9.52. The number of thioether (sulfide) groups is 2. The van der Waals surface area contributed by atoms with Gasteiger partial charge in [0.2, 0.25) is 0 Å². The molecule has 2 unspecified atom stereocenters. The Morgan fingerprint density at radius 2 is 2.31 bits per heavy atom. The van der Waals surface area contributed by atoms with Crippen molar-refractivity contribution in [2.75, 3.05) is 30.1 Å². The van der Waals surface area contributed by atoms with Crippen molar-refractivity contribution in [3.05, 3.63) is 0 Å². The maximum Gasteiger partial charge on any atom is 0.0194 e. The van der Waals surface area contributed by atoms with Gasteiger partial charge in [-0.25, -0.2) is 0 Å². The summed E-state index contributed by atoms with van der Waals surface area (Å²) in [5.41, 5.74) is 0. The second-order valence-corrected chi connectivity index (χ2v) is 5.70. The maximum absolute atomic E-state index is 3.66. The topological polar surface area (TPSA) is 12.0 Å². The van der Waals surface area contributed by atoms with E-state index in [2.05, 4.69) is 30.3 Å². The summed E-state index contributed by atoms with van der Waals surface area (Å²) in [5, 5.41) is 3.66. The molecule has 1 fully saturated rings. The number of nitrogens with one attached hydrogen (secondary N) is 1. The second-order valence-electron chi connectivity index (χ2n) is 3.64. The van der Waals surface area contributed by atoms with Gasteiger partial charge in [-0.1, -0.05) is 6.92 Å². The quantitative estimate of drug-likeness (QED) is 0.737. The van der Waals surface area contributed by atoms with Crippen LogP contribution >= 0.6 is 23.5 Å². The van der Waals surface area contributed by atoms with Crippen molar-refractivity contribution in [1.29, 1.82) is 0 Å². The van der Waals surface area contributed by atoms with Gasteiger partial charge in [-0.3, -0.25) is 0 Å². The summed E-state index contributed by atoms with van der Waals surface area (Å²) in [6.45, 7) is 3.44. The Morgan fingerprint density at radius 3 is 3.00 bits per heavy atom. The van der Waals surface area contributed by atoms with Crippen LogP contribution in [0.1, 0.15) is 19.8 Å². The standard InChI is InChI=1S/C10H21NS2/c1-3-5-11-10-8-13-7-9(10)4-6-12-2/h9-11H,3-8H2,1-2H3. The lowest BCUT2D eigenvalue weighted by atomic mass is 10.0. The monoisotopic (exact) mass is 219 g/mol. The lowest BCUT2D eigenvalue weighted by Crippen LogP contribution is -2.36. The average molecular weight is 219 g/mol. The third-order valence-electron chi connectivity index (χ3n) is 2.55. The molecule has 0 aromatic rings. The summed E-state index contributed by atoms with van der Waals surface area (Å²) in [4.78, 5) is 0. The normalized spacial score (nSPS) is 28.2. The molecule has 3 heteroatoms. The third-order valence-corrected chi connectivity index (χ3v) is 4.45. The molecule has 1 heterocycles. The van der Waals surface area contributed by atoms with E-state index in [1.54, 1.807) is 0 Å². The van der Waals surface area contributed by atoms with E-state index >= 15 is 0 Å². The first-order valence-corrected chi connectivity index (χ1v) is 7.73. The van der Waals surface area contributed by atoms with Gasteiger partial charge in [0, 0.05) is 11.8 Å². The number of hydrogen-bond donors (Lipinski definition) is 1. The molecule has 1 rings (SSSR count). The predicted octanol–water partition coefficient (Wildman–Crippen LogP) is 2.47. The van der Waals surface area contributed by atoms with Crippen LogP contribution in [0.25, 0.3) is 0 Å². The van der Waals surface area contributed by atoms with Crippen LogP contribution in [0.15, 0.2) is 0 Å². The summed E-state index contributed by atoms with van der Waals surface area (Å²) >= 11 is 4.10. The van der Waals surface area contributed by atoms with Crippen molar-refractivity contribution < 1.29 is 0 Å². The molecule has 2 atom stereocenters. The van der Waals surface area contributed by atoms with Crippen LogP contribution in [0.2, 0.25) is 0 Å². The van der Waals surface area contributed by atoms with Gasteiger partial charge in [0.15, 0.2) is 0 Å². The van der Waals surface area contributed by atoms with Crippen LogP contribution in [0, 0.1) is 5.92 Å². The second kappa shape index (κ2) is 7.02. The molecule has 13 heavy (non-hydrogen) atoms. The molecule has 78 valence electrons. The Bertz CT molecular complexity index is 116. The lowest BCUT2D eigenvalue weighted by molar-refractivity contribution is 0.420. The SMILES string of the molecule is CCCNC1CSCC1CCSC. The molecule has 0 aromatic carbocycles. The molecule has 1 saturated heterocycles. The van der Waals surface area contributed by atoms with E-state index in [9.17, 15) is 0 Å². The van der Waals surface area contributed by atoms with Crippen molar-refractivity contribution in [1.82, 2.24) is 5.32 Å². The van der Waals surface area contributed by atoms with E-state index in [-0.39, 0.29) is 0 Å². The molecule has 1 aliphatic heterocycles. The zero-order valence-corrected chi connectivity index (χ0v) is 10.3. The Morgan fingerprint density at radius 1 is 1.46 bits per heavy atom. The van der Waals surface area contributed by atoms with Crippen LogP contribution in [0.3, 0.4) is 0 Å². The third kappa shape index (κ3) is 4.13. The fraction of sp³-hybridized carbons (Fsp3) is 1.00. The van der Waals surface area contributed by atoms with E-state index in [4.69, 9.17) is 0 Å². The van der Waals surface area contributed by atoms with Gasteiger partial charge < -0.3 is 5.32 Å². The predicted molar refractivity (Wildman–Crippen MR) is 65.9 cm³/mol. The van der Waals surface area contributed by atoms with Gasteiger partial charge in [-0.2, -0.15) is 23.5 Å². The van der Waals surface area contributed by atoms with Crippen LogP contribution in [-0.2, 0) is 0 Å². The molecule has 1 nitrogen and oxygen atoms in total. The van der Waals surface area contributed by atoms with Crippen LogP contribution < -0.4 is 5.32 Å². The zero-order valence-electron chi connectivity index (χ0n) is 8.71. The molecule has 0 amide bonds. The summed E-state index contributed by atoms with van der Waals surface area (Å²) in [5.74, 6) is 4.97. The molecule has 0 spiro atoms. The molecule has 0 saturated carbocycles. The van der Waals surface area contributed by atoms with E-state index in [1.807, 2.05) is 11.8 Å². The molecule has 0 radical (unpaired) electrons. The largest absolute Gasteiger partial charge is 0.313 e. The van der Waals surface area contributed by atoms with E-state index in [0.29, 0.717) is 0 Å². The van der Waals surface area contributed by atoms with Gasteiger partial charge >= 0.3 is 0 Å². The first kappa shape index (κ1) is 11.7. The molecule has 0 aliphatic carbocycles. The summed E-state index contributed by atoms with van der Waals surface area (Å²) in [6, 6.07) is 0.803. The van der Waals surface area contributed by atoms with Gasteiger partial charge in [0.05, 0.1) is 0 Å². The molecule has 1 N–H and O–H groups in total. The first-order chi connectivity index (χ1) is 6.38. The smallest absolute Gasteiger partial charge is 0.0194 e. The Kier molecular flexibility index (Phi) is 6.33. The Balaban J connectivity index is 2.18. The highest BCUT2D eigenvalue weighted by Gasteiger charge is 2.26. The van der Waals surface area contributed by atoms with Gasteiger partial charge in [-0.05, 0) is 43.1 Å². The van der Waals surface area contributed by atoms with E-state index in [0.717, 1.165) is 12.0 Å². The summed E-state index contributed by atoms with van der Waals surface area (Å²) in [7, 11) is 0.